The SMILES string of the molecule is CC[C@H](O)c1ccc(N2CC(C)N(C)C(C)C2)cn1. The van der Waals surface area contributed by atoms with Gasteiger partial charge in [0.1, 0.15) is 0 Å². The molecule has 0 amide bonds. The predicted octanol–water partition coefficient (Wildman–Crippen LogP) is 2.05. The van der Waals surface area contributed by atoms with E-state index in [2.05, 4.69) is 41.7 Å². The Balaban J connectivity index is 2.10. The second-order valence-electron chi connectivity index (χ2n) is 5.63. The third kappa shape index (κ3) is 3.07. The molecule has 0 spiro atoms. The van der Waals surface area contributed by atoms with Crippen LogP contribution in [0, 0.1) is 0 Å². The van der Waals surface area contributed by atoms with Crippen molar-refractivity contribution in [1.29, 1.82) is 0 Å². The number of nitrogens with zero attached hydrogens (tertiary/aromatic N) is 3. The minimum atomic E-state index is -0.445. The van der Waals surface area contributed by atoms with Gasteiger partial charge < -0.3 is 10.0 Å². The summed E-state index contributed by atoms with van der Waals surface area (Å²) in [5, 5.41) is 9.77. The van der Waals surface area contributed by atoms with E-state index in [-0.39, 0.29) is 0 Å². The first-order chi connectivity index (χ1) is 9.02. The summed E-state index contributed by atoms with van der Waals surface area (Å²) >= 11 is 0. The highest BCUT2D eigenvalue weighted by Gasteiger charge is 2.26. The number of aliphatic hydroxyl groups excluding tert-OH is 1. The van der Waals surface area contributed by atoms with Crippen LogP contribution in [0.4, 0.5) is 5.69 Å². The molecule has 1 N–H and O–H groups in total. The van der Waals surface area contributed by atoms with Gasteiger partial charge in [-0.25, -0.2) is 0 Å². The van der Waals surface area contributed by atoms with Crippen molar-refractivity contribution in [2.45, 2.75) is 45.4 Å². The lowest BCUT2D eigenvalue weighted by Gasteiger charge is -2.43. The molecule has 2 heterocycles. The molecule has 1 aromatic heterocycles. The van der Waals surface area contributed by atoms with Crippen LogP contribution in [0.3, 0.4) is 0 Å². The number of aromatic nitrogens is 1. The zero-order chi connectivity index (χ0) is 14.0. The molecule has 4 heteroatoms. The Morgan fingerprint density at radius 2 is 1.95 bits per heavy atom. The molecule has 0 radical (unpaired) electrons. The van der Waals surface area contributed by atoms with Crippen LogP contribution < -0.4 is 4.90 Å². The molecule has 0 saturated carbocycles. The summed E-state index contributed by atoms with van der Waals surface area (Å²) in [6, 6.07) is 5.11. The Bertz CT molecular complexity index is 394. The Hall–Kier alpha value is -1.13. The molecule has 3 atom stereocenters. The molecule has 19 heavy (non-hydrogen) atoms. The number of piperazine rings is 1. The molecule has 0 bridgehead atoms. The van der Waals surface area contributed by atoms with Gasteiger partial charge in [0.25, 0.3) is 0 Å². The van der Waals surface area contributed by atoms with Gasteiger partial charge in [-0.1, -0.05) is 6.92 Å². The molecule has 2 rings (SSSR count). The van der Waals surface area contributed by atoms with E-state index in [0.29, 0.717) is 18.5 Å². The topological polar surface area (TPSA) is 39.6 Å². The fourth-order valence-electron chi connectivity index (χ4n) is 2.61. The van der Waals surface area contributed by atoms with Crippen LogP contribution in [0.15, 0.2) is 18.3 Å². The van der Waals surface area contributed by atoms with Crippen molar-refractivity contribution >= 4 is 5.69 Å². The molecule has 1 aliphatic rings. The smallest absolute Gasteiger partial charge is 0.0957 e. The second-order valence-corrected chi connectivity index (χ2v) is 5.63. The average Bonchev–Trinajstić information content (AvgIpc) is 2.43. The van der Waals surface area contributed by atoms with Gasteiger partial charge in [0.15, 0.2) is 0 Å². The molecule has 0 aliphatic carbocycles. The largest absolute Gasteiger partial charge is 0.387 e. The minimum absolute atomic E-state index is 0.445. The van der Waals surface area contributed by atoms with Crippen LogP contribution in [-0.2, 0) is 0 Å². The molecule has 2 unspecified atom stereocenters. The third-order valence-electron chi connectivity index (χ3n) is 4.22. The summed E-state index contributed by atoms with van der Waals surface area (Å²) in [5.74, 6) is 0. The molecule has 1 saturated heterocycles. The molecular formula is C15H25N3O. The standard InChI is InChI=1S/C15H25N3O/c1-5-15(19)14-7-6-13(8-16-14)18-9-11(2)17(4)12(3)10-18/h6-8,11-12,15,19H,5,9-10H2,1-4H3/t11?,12?,15-/m0/s1. The Morgan fingerprint density at radius 1 is 1.32 bits per heavy atom. The zero-order valence-electron chi connectivity index (χ0n) is 12.4. The summed E-state index contributed by atoms with van der Waals surface area (Å²) in [7, 11) is 2.19. The Labute approximate surface area is 116 Å². The van der Waals surface area contributed by atoms with E-state index in [1.54, 1.807) is 0 Å². The minimum Gasteiger partial charge on any atom is -0.387 e. The van der Waals surface area contributed by atoms with Crippen molar-refractivity contribution in [2.24, 2.45) is 0 Å². The summed E-state index contributed by atoms with van der Waals surface area (Å²) in [6.07, 6.45) is 2.15. The van der Waals surface area contributed by atoms with Crippen molar-refractivity contribution in [3.63, 3.8) is 0 Å². The first-order valence-electron chi connectivity index (χ1n) is 7.13. The molecule has 1 fully saturated rings. The van der Waals surface area contributed by atoms with Gasteiger partial charge in [-0.05, 0) is 39.4 Å². The number of rotatable bonds is 3. The highest BCUT2D eigenvalue weighted by molar-refractivity contribution is 5.45. The number of aliphatic hydroxyl groups is 1. The van der Waals surface area contributed by atoms with E-state index in [0.717, 1.165) is 24.5 Å². The van der Waals surface area contributed by atoms with E-state index in [1.165, 1.54) is 0 Å². The lowest BCUT2D eigenvalue weighted by atomic mass is 10.1. The highest BCUT2D eigenvalue weighted by atomic mass is 16.3. The number of pyridine rings is 1. The maximum atomic E-state index is 9.77. The van der Waals surface area contributed by atoms with Gasteiger partial charge in [0.05, 0.1) is 23.7 Å². The highest BCUT2D eigenvalue weighted by Crippen LogP contribution is 2.22. The first kappa shape index (κ1) is 14.3. The van der Waals surface area contributed by atoms with E-state index >= 15 is 0 Å². The van der Waals surface area contributed by atoms with E-state index in [1.807, 2.05) is 19.2 Å². The predicted molar refractivity (Wildman–Crippen MR) is 78.4 cm³/mol. The van der Waals surface area contributed by atoms with Crippen LogP contribution >= 0.6 is 0 Å². The van der Waals surface area contributed by atoms with Gasteiger partial charge >= 0.3 is 0 Å². The molecule has 106 valence electrons. The molecule has 1 aromatic rings. The summed E-state index contributed by atoms with van der Waals surface area (Å²) in [4.78, 5) is 9.18. The maximum absolute atomic E-state index is 9.77. The summed E-state index contributed by atoms with van der Waals surface area (Å²) < 4.78 is 0. The molecular weight excluding hydrogens is 238 g/mol. The van der Waals surface area contributed by atoms with Crippen LogP contribution in [-0.4, -0.2) is 47.2 Å². The Kier molecular flexibility index (Phi) is 4.42. The number of hydrogen-bond acceptors (Lipinski definition) is 4. The number of hydrogen-bond donors (Lipinski definition) is 1. The van der Waals surface area contributed by atoms with Crippen molar-refractivity contribution in [2.75, 3.05) is 25.0 Å². The van der Waals surface area contributed by atoms with E-state index in [9.17, 15) is 5.11 Å². The van der Waals surface area contributed by atoms with Crippen molar-refractivity contribution in [3.8, 4) is 0 Å². The maximum Gasteiger partial charge on any atom is 0.0957 e. The van der Waals surface area contributed by atoms with Gasteiger partial charge in [-0.15, -0.1) is 0 Å². The molecule has 1 aliphatic heterocycles. The quantitative estimate of drug-likeness (QED) is 0.906. The van der Waals surface area contributed by atoms with Gasteiger partial charge in [0.2, 0.25) is 0 Å². The van der Waals surface area contributed by atoms with Crippen molar-refractivity contribution < 1.29 is 5.11 Å². The van der Waals surface area contributed by atoms with Crippen LogP contribution in [0.2, 0.25) is 0 Å². The third-order valence-corrected chi connectivity index (χ3v) is 4.22. The summed E-state index contributed by atoms with van der Waals surface area (Å²) in [6.45, 7) is 8.52. The van der Waals surface area contributed by atoms with Gasteiger partial charge in [-0.3, -0.25) is 9.88 Å². The van der Waals surface area contributed by atoms with Crippen LogP contribution in [0.25, 0.3) is 0 Å². The van der Waals surface area contributed by atoms with Crippen molar-refractivity contribution in [1.82, 2.24) is 9.88 Å². The second kappa shape index (κ2) is 5.88. The van der Waals surface area contributed by atoms with E-state index < -0.39 is 6.10 Å². The fourth-order valence-corrected chi connectivity index (χ4v) is 2.61. The average molecular weight is 263 g/mol. The number of anilines is 1. The Morgan fingerprint density at radius 3 is 2.42 bits per heavy atom. The monoisotopic (exact) mass is 263 g/mol. The summed E-state index contributed by atoms with van der Waals surface area (Å²) in [5.41, 5.74) is 1.92. The normalized spacial score (nSPS) is 26.5. The fraction of sp³-hybridized carbons (Fsp3) is 0.667. The van der Waals surface area contributed by atoms with Crippen molar-refractivity contribution in [3.05, 3.63) is 24.0 Å². The molecule has 4 nitrogen and oxygen atoms in total. The lowest BCUT2D eigenvalue weighted by molar-refractivity contribution is 0.167. The first-order valence-corrected chi connectivity index (χ1v) is 7.13. The van der Waals surface area contributed by atoms with Gasteiger partial charge in [-0.2, -0.15) is 0 Å². The van der Waals surface area contributed by atoms with Gasteiger partial charge in [0, 0.05) is 25.2 Å². The zero-order valence-corrected chi connectivity index (χ0v) is 12.4. The lowest BCUT2D eigenvalue weighted by Crippen LogP contribution is -2.55. The molecule has 0 aromatic carbocycles. The number of likely N-dealkylation sites (N-methyl/N-ethyl adjacent to an activating group) is 1. The van der Waals surface area contributed by atoms with E-state index in [4.69, 9.17) is 0 Å². The van der Waals surface area contributed by atoms with Crippen LogP contribution in [0.1, 0.15) is 39.0 Å². The van der Waals surface area contributed by atoms with Crippen LogP contribution in [0.5, 0.6) is 0 Å².